The SMILES string of the molecule is CC[C@H](C)[C@@H](C)C(=O)Nc1ccccc1N(C)S(C)(=O)=O. The highest BCUT2D eigenvalue weighted by Crippen LogP contribution is 2.27. The maximum absolute atomic E-state index is 12.3. The van der Waals surface area contributed by atoms with Gasteiger partial charge < -0.3 is 5.32 Å². The Labute approximate surface area is 127 Å². The van der Waals surface area contributed by atoms with Crippen LogP contribution in [0.5, 0.6) is 0 Å². The summed E-state index contributed by atoms with van der Waals surface area (Å²) in [5.74, 6) is 0.0371. The average molecular weight is 312 g/mol. The van der Waals surface area contributed by atoms with Gasteiger partial charge in [-0.25, -0.2) is 8.42 Å². The second kappa shape index (κ2) is 6.93. The predicted molar refractivity (Wildman–Crippen MR) is 86.9 cm³/mol. The molecule has 0 spiro atoms. The van der Waals surface area contributed by atoms with Crippen LogP contribution in [0, 0.1) is 11.8 Å². The molecule has 1 N–H and O–H groups in total. The first-order chi connectivity index (χ1) is 9.68. The minimum Gasteiger partial charge on any atom is -0.324 e. The summed E-state index contributed by atoms with van der Waals surface area (Å²) in [5.41, 5.74) is 0.968. The molecule has 118 valence electrons. The Hall–Kier alpha value is -1.56. The molecular formula is C15H24N2O3S. The number of hydrogen-bond donors (Lipinski definition) is 1. The summed E-state index contributed by atoms with van der Waals surface area (Å²) in [5, 5.41) is 2.83. The zero-order valence-electron chi connectivity index (χ0n) is 13.3. The van der Waals surface area contributed by atoms with Crippen molar-refractivity contribution in [2.24, 2.45) is 11.8 Å². The normalized spacial score (nSPS) is 14.3. The molecule has 21 heavy (non-hydrogen) atoms. The Balaban J connectivity index is 3.03. The van der Waals surface area contributed by atoms with Crippen molar-refractivity contribution in [1.82, 2.24) is 0 Å². The Kier molecular flexibility index (Phi) is 5.78. The van der Waals surface area contributed by atoms with Crippen LogP contribution in [0.3, 0.4) is 0 Å². The van der Waals surface area contributed by atoms with E-state index in [0.717, 1.165) is 17.0 Å². The maximum Gasteiger partial charge on any atom is 0.232 e. The number of carbonyl (C=O) groups excluding carboxylic acids is 1. The van der Waals surface area contributed by atoms with Crippen molar-refractivity contribution in [3.8, 4) is 0 Å². The molecule has 1 aromatic carbocycles. The summed E-state index contributed by atoms with van der Waals surface area (Å²) in [7, 11) is -1.90. The molecule has 1 rings (SSSR count). The van der Waals surface area contributed by atoms with Crippen LogP contribution in [0.2, 0.25) is 0 Å². The molecule has 0 heterocycles. The van der Waals surface area contributed by atoms with Crippen molar-refractivity contribution in [1.29, 1.82) is 0 Å². The van der Waals surface area contributed by atoms with Crippen LogP contribution in [0.25, 0.3) is 0 Å². The number of amides is 1. The van der Waals surface area contributed by atoms with Gasteiger partial charge in [0.15, 0.2) is 0 Å². The topological polar surface area (TPSA) is 66.5 Å². The van der Waals surface area contributed by atoms with Gasteiger partial charge in [-0.15, -0.1) is 0 Å². The number of benzene rings is 1. The molecule has 1 amide bonds. The lowest BCUT2D eigenvalue weighted by molar-refractivity contribution is -0.120. The molecule has 5 nitrogen and oxygen atoms in total. The first-order valence-corrected chi connectivity index (χ1v) is 8.87. The number of anilines is 2. The second-order valence-electron chi connectivity index (χ2n) is 5.41. The molecule has 6 heteroatoms. The molecular weight excluding hydrogens is 288 g/mol. The first-order valence-electron chi connectivity index (χ1n) is 7.02. The quantitative estimate of drug-likeness (QED) is 0.878. The largest absolute Gasteiger partial charge is 0.324 e. The third-order valence-electron chi connectivity index (χ3n) is 3.91. The number of carbonyl (C=O) groups is 1. The highest BCUT2D eigenvalue weighted by molar-refractivity contribution is 7.92. The van der Waals surface area contributed by atoms with Gasteiger partial charge in [0.2, 0.25) is 15.9 Å². The van der Waals surface area contributed by atoms with Crippen molar-refractivity contribution in [2.75, 3.05) is 22.9 Å². The van der Waals surface area contributed by atoms with Crippen LogP contribution in [-0.2, 0) is 14.8 Å². The minimum absolute atomic E-state index is 0.0984. The zero-order valence-corrected chi connectivity index (χ0v) is 14.1. The van der Waals surface area contributed by atoms with E-state index < -0.39 is 10.0 Å². The monoisotopic (exact) mass is 312 g/mol. The predicted octanol–water partition coefficient (Wildman–Crippen LogP) is 2.70. The summed E-state index contributed by atoms with van der Waals surface area (Å²) >= 11 is 0. The molecule has 0 radical (unpaired) electrons. The van der Waals surface area contributed by atoms with Crippen LogP contribution in [-0.4, -0.2) is 27.6 Å². The van der Waals surface area contributed by atoms with E-state index in [1.165, 1.54) is 7.05 Å². The Morgan fingerprint density at radius 2 is 1.86 bits per heavy atom. The molecule has 2 atom stereocenters. The molecule has 0 aliphatic rings. The molecule has 0 aliphatic heterocycles. The van der Waals surface area contributed by atoms with Crippen LogP contribution in [0.1, 0.15) is 27.2 Å². The van der Waals surface area contributed by atoms with Crippen LogP contribution >= 0.6 is 0 Å². The smallest absolute Gasteiger partial charge is 0.232 e. The third kappa shape index (κ3) is 4.46. The fourth-order valence-corrected chi connectivity index (χ4v) is 2.41. The summed E-state index contributed by atoms with van der Waals surface area (Å²) in [6.45, 7) is 5.95. The molecule has 0 aromatic heterocycles. The maximum atomic E-state index is 12.3. The van der Waals surface area contributed by atoms with E-state index in [9.17, 15) is 13.2 Å². The van der Waals surface area contributed by atoms with Crippen LogP contribution < -0.4 is 9.62 Å². The van der Waals surface area contributed by atoms with E-state index in [4.69, 9.17) is 0 Å². The number of nitrogens with zero attached hydrogens (tertiary/aromatic N) is 1. The zero-order chi connectivity index (χ0) is 16.2. The van der Waals surface area contributed by atoms with E-state index in [1.54, 1.807) is 24.3 Å². The average Bonchev–Trinajstić information content (AvgIpc) is 2.44. The summed E-state index contributed by atoms with van der Waals surface area (Å²) < 4.78 is 24.5. The van der Waals surface area contributed by atoms with Gasteiger partial charge >= 0.3 is 0 Å². The van der Waals surface area contributed by atoms with Gasteiger partial charge in [0.05, 0.1) is 17.6 Å². The van der Waals surface area contributed by atoms with Crippen molar-refractivity contribution in [2.45, 2.75) is 27.2 Å². The van der Waals surface area contributed by atoms with E-state index in [1.807, 2.05) is 20.8 Å². The fraction of sp³-hybridized carbons (Fsp3) is 0.533. The summed E-state index contributed by atoms with van der Waals surface area (Å²) in [6.07, 6.45) is 2.05. The van der Waals surface area contributed by atoms with Crippen LogP contribution in [0.4, 0.5) is 11.4 Å². The second-order valence-corrected chi connectivity index (χ2v) is 7.42. The third-order valence-corrected chi connectivity index (χ3v) is 5.10. The Morgan fingerprint density at radius 1 is 1.29 bits per heavy atom. The summed E-state index contributed by atoms with van der Waals surface area (Å²) in [4.78, 5) is 12.3. The first kappa shape index (κ1) is 17.5. The molecule has 0 bridgehead atoms. The van der Waals surface area contributed by atoms with Gasteiger partial charge in [-0.1, -0.05) is 39.3 Å². The molecule has 0 saturated heterocycles. The number of rotatable bonds is 6. The number of hydrogen-bond acceptors (Lipinski definition) is 3. The van der Waals surface area contributed by atoms with Gasteiger partial charge in [0.25, 0.3) is 0 Å². The summed E-state index contributed by atoms with van der Waals surface area (Å²) in [6, 6.07) is 6.89. The van der Waals surface area contributed by atoms with E-state index in [2.05, 4.69) is 5.32 Å². The highest BCUT2D eigenvalue weighted by Gasteiger charge is 2.21. The van der Waals surface area contributed by atoms with Gasteiger partial charge in [0, 0.05) is 13.0 Å². The van der Waals surface area contributed by atoms with Gasteiger partial charge in [-0.3, -0.25) is 9.10 Å². The molecule has 0 fully saturated rings. The lowest BCUT2D eigenvalue weighted by Gasteiger charge is -2.22. The molecule has 1 aromatic rings. The highest BCUT2D eigenvalue weighted by atomic mass is 32.2. The minimum atomic E-state index is -3.37. The molecule has 0 aliphatic carbocycles. The lowest BCUT2D eigenvalue weighted by Crippen LogP contribution is -2.29. The molecule has 0 unspecified atom stereocenters. The number of sulfonamides is 1. The van der Waals surface area contributed by atoms with Crippen molar-refractivity contribution in [3.05, 3.63) is 24.3 Å². The van der Waals surface area contributed by atoms with Gasteiger partial charge in [-0.2, -0.15) is 0 Å². The lowest BCUT2D eigenvalue weighted by atomic mass is 9.93. The van der Waals surface area contributed by atoms with Crippen LogP contribution in [0.15, 0.2) is 24.3 Å². The fourth-order valence-electron chi connectivity index (χ4n) is 1.89. The van der Waals surface area contributed by atoms with Crippen molar-refractivity contribution >= 4 is 27.3 Å². The van der Waals surface area contributed by atoms with Gasteiger partial charge in [-0.05, 0) is 18.1 Å². The van der Waals surface area contributed by atoms with Crippen molar-refractivity contribution in [3.63, 3.8) is 0 Å². The van der Waals surface area contributed by atoms with E-state index in [-0.39, 0.29) is 17.7 Å². The van der Waals surface area contributed by atoms with Crippen molar-refractivity contribution < 1.29 is 13.2 Å². The number of nitrogens with one attached hydrogen (secondary N) is 1. The van der Waals surface area contributed by atoms with Gasteiger partial charge in [0.1, 0.15) is 0 Å². The Bertz CT molecular complexity index is 599. The molecule has 0 saturated carbocycles. The van der Waals surface area contributed by atoms with E-state index >= 15 is 0 Å². The van der Waals surface area contributed by atoms with E-state index in [0.29, 0.717) is 11.4 Å². The standard InChI is InChI=1S/C15H24N2O3S/c1-6-11(2)12(3)15(18)16-13-9-7-8-10-14(13)17(4)21(5,19)20/h7-12H,6H2,1-5H3,(H,16,18)/t11-,12+/m0/s1. The Morgan fingerprint density at radius 3 is 2.38 bits per heavy atom. The number of para-hydroxylation sites is 2.